The number of halogens is 1. The van der Waals surface area contributed by atoms with Gasteiger partial charge in [-0.3, -0.25) is 9.78 Å². The van der Waals surface area contributed by atoms with Crippen LogP contribution in [0, 0.1) is 5.82 Å². The Kier molecular flexibility index (Phi) is 18.6. The molecular formula is C36H47FN2O5. The molecule has 0 saturated carbocycles. The molecule has 0 bridgehead atoms. The van der Waals surface area contributed by atoms with Gasteiger partial charge in [-0.05, 0) is 55.0 Å². The summed E-state index contributed by atoms with van der Waals surface area (Å²) in [5, 5.41) is 9.71. The summed E-state index contributed by atoms with van der Waals surface area (Å²) in [5.41, 5.74) is 1.81. The Balaban J connectivity index is 0.00000290. The van der Waals surface area contributed by atoms with E-state index in [-0.39, 0.29) is 22.6 Å². The lowest BCUT2D eigenvalue weighted by Crippen LogP contribution is -2.25. The molecule has 0 aliphatic heterocycles. The average Bonchev–Trinajstić information content (AvgIpc) is 3.07. The highest BCUT2D eigenvalue weighted by Gasteiger charge is 2.20. The van der Waals surface area contributed by atoms with E-state index in [1.54, 1.807) is 42.6 Å². The fourth-order valence-corrected chi connectivity index (χ4v) is 3.55. The molecule has 238 valence electrons. The van der Waals surface area contributed by atoms with Crippen LogP contribution in [0.4, 0.5) is 4.39 Å². The summed E-state index contributed by atoms with van der Waals surface area (Å²) >= 11 is 0. The number of carbonyl (C=O) groups excluding carboxylic acids is 1. The monoisotopic (exact) mass is 606 g/mol. The number of hydrogen-bond donors (Lipinski definition) is 1. The highest BCUT2D eigenvalue weighted by Crippen LogP contribution is 2.31. The number of likely N-dealkylation sites (N-methyl/N-ethyl adjacent to an activating group) is 1. The van der Waals surface area contributed by atoms with Crippen LogP contribution < -0.4 is 4.74 Å². The first-order valence-electron chi connectivity index (χ1n) is 14.5. The summed E-state index contributed by atoms with van der Waals surface area (Å²) in [4.78, 5) is 18.4. The number of phenolic OH excluding ortho intramolecular Hbond substituents is 1. The molecule has 0 aliphatic rings. The first kappa shape index (κ1) is 39.1. The molecule has 7 nitrogen and oxygen atoms in total. The number of amides is 1. The van der Waals surface area contributed by atoms with Crippen LogP contribution in [-0.2, 0) is 14.3 Å². The Morgan fingerprint density at radius 1 is 0.909 bits per heavy atom. The van der Waals surface area contributed by atoms with Gasteiger partial charge in [0.05, 0.1) is 14.2 Å². The van der Waals surface area contributed by atoms with Gasteiger partial charge in [-0.2, -0.15) is 0 Å². The predicted molar refractivity (Wildman–Crippen MR) is 179 cm³/mol. The van der Waals surface area contributed by atoms with Crippen molar-refractivity contribution in [3.05, 3.63) is 114 Å². The summed E-state index contributed by atoms with van der Waals surface area (Å²) < 4.78 is 31.7. The summed E-state index contributed by atoms with van der Waals surface area (Å²) in [6.07, 6.45) is 6.49. The fourth-order valence-electron chi connectivity index (χ4n) is 3.55. The molecule has 0 atom stereocenters. The topological polar surface area (TPSA) is 81.1 Å². The Labute approximate surface area is 262 Å². The number of aromatic hydroxyl groups is 1. The summed E-state index contributed by atoms with van der Waals surface area (Å²) in [5.74, 6) is 0.128. The number of hydrogen-bond acceptors (Lipinski definition) is 6. The maximum Gasteiger partial charge on any atom is 0.258 e. The SMILES string of the molecule is C=C(C(=O)N(C)C(=C)c1cccc(O)c1)c1ccc(Oc2ccncc2/C=C(OC)\C(=C/C)OC)c(F)c1.CC.CC.CC. The summed E-state index contributed by atoms with van der Waals surface area (Å²) in [6, 6.07) is 12.1. The second-order valence-corrected chi connectivity index (χ2v) is 8.07. The van der Waals surface area contributed by atoms with Crippen LogP contribution in [0.15, 0.2) is 91.7 Å². The van der Waals surface area contributed by atoms with Crippen molar-refractivity contribution < 1.29 is 28.5 Å². The van der Waals surface area contributed by atoms with Crippen LogP contribution in [0.25, 0.3) is 17.3 Å². The molecule has 0 radical (unpaired) electrons. The van der Waals surface area contributed by atoms with Crippen LogP contribution in [-0.4, -0.2) is 42.2 Å². The maximum atomic E-state index is 15.1. The second-order valence-electron chi connectivity index (χ2n) is 8.07. The minimum Gasteiger partial charge on any atom is -0.508 e. The largest absolute Gasteiger partial charge is 0.508 e. The van der Waals surface area contributed by atoms with Crippen LogP contribution in [0.1, 0.15) is 65.2 Å². The smallest absolute Gasteiger partial charge is 0.258 e. The highest BCUT2D eigenvalue weighted by atomic mass is 19.1. The first-order valence-corrected chi connectivity index (χ1v) is 14.5. The lowest BCUT2D eigenvalue weighted by Gasteiger charge is -2.21. The third-order valence-corrected chi connectivity index (χ3v) is 5.69. The molecular weight excluding hydrogens is 559 g/mol. The Morgan fingerprint density at radius 3 is 2.09 bits per heavy atom. The third kappa shape index (κ3) is 10.8. The number of benzene rings is 2. The number of ether oxygens (including phenoxy) is 3. The minimum atomic E-state index is -0.685. The lowest BCUT2D eigenvalue weighted by molar-refractivity contribution is -0.121. The number of allylic oxidation sites excluding steroid dienone is 1. The number of nitrogens with zero attached hydrogens (tertiary/aromatic N) is 2. The van der Waals surface area contributed by atoms with Crippen LogP contribution in [0.3, 0.4) is 0 Å². The van der Waals surface area contributed by atoms with Gasteiger partial charge in [0.2, 0.25) is 0 Å². The van der Waals surface area contributed by atoms with Gasteiger partial charge < -0.3 is 24.2 Å². The molecule has 0 aliphatic carbocycles. The Bertz CT molecular complexity index is 1430. The number of phenols is 1. The van der Waals surface area contributed by atoms with Gasteiger partial charge in [-0.25, -0.2) is 4.39 Å². The minimum absolute atomic E-state index is 0.0493. The van der Waals surface area contributed by atoms with E-state index in [1.165, 1.54) is 56.6 Å². The first-order chi connectivity index (χ1) is 21.2. The predicted octanol–water partition coefficient (Wildman–Crippen LogP) is 9.48. The van der Waals surface area contributed by atoms with Crippen LogP contribution in [0.2, 0.25) is 0 Å². The van der Waals surface area contributed by atoms with Crippen molar-refractivity contribution in [1.29, 1.82) is 0 Å². The number of aromatic nitrogens is 1. The van der Waals surface area contributed by atoms with Crippen molar-refractivity contribution >= 4 is 23.3 Å². The molecule has 1 amide bonds. The van der Waals surface area contributed by atoms with E-state index in [1.807, 2.05) is 48.5 Å². The van der Waals surface area contributed by atoms with E-state index in [4.69, 9.17) is 14.2 Å². The molecule has 8 heteroatoms. The molecule has 0 saturated heterocycles. The molecule has 1 heterocycles. The van der Waals surface area contributed by atoms with Gasteiger partial charge in [0, 0.05) is 41.8 Å². The standard InChI is InChI=1S/C30H29FN2O5.3C2H6/c1-7-26(36-5)29(37-6)17-23-18-32-14-13-27(23)38-28-12-11-21(16-25(28)31)19(2)30(35)33(4)20(3)22-9-8-10-24(34)15-22;3*1-2/h7-18,34H,2-3H2,1,4-6H3;3*1-2H3/b26-7+,29-17+;;;. The van der Waals surface area contributed by atoms with E-state index < -0.39 is 11.7 Å². The van der Waals surface area contributed by atoms with Crippen molar-refractivity contribution in [2.45, 2.75) is 48.5 Å². The van der Waals surface area contributed by atoms with Gasteiger partial charge >= 0.3 is 0 Å². The molecule has 0 spiro atoms. The molecule has 2 aromatic carbocycles. The zero-order valence-corrected chi connectivity index (χ0v) is 27.7. The Morgan fingerprint density at radius 2 is 1.55 bits per heavy atom. The van der Waals surface area contributed by atoms with E-state index in [9.17, 15) is 9.90 Å². The number of methoxy groups -OCH3 is 2. The normalized spacial score (nSPS) is 10.3. The van der Waals surface area contributed by atoms with Crippen molar-refractivity contribution in [3.8, 4) is 17.2 Å². The van der Waals surface area contributed by atoms with Crippen LogP contribution in [0.5, 0.6) is 17.2 Å². The van der Waals surface area contributed by atoms with Crippen molar-refractivity contribution in [3.63, 3.8) is 0 Å². The van der Waals surface area contributed by atoms with Gasteiger partial charge in [0.15, 0.2) is 23.1 Å². The number of pyridine rings is 1. The van der Waals surface area contributed by atoms with E-state index in [0.29, 0.717) is 34.1 Å². The van der Waals surface area contributed by atoms with Gasteiger partial charge in [0.1, 0.15) is 11.5 Å². The molecule has 1 N–H and O–H groups in total. The molecule has 0 fully saturated rings. The summed E-state index contributed by atoms with van der Waals surface area (Å²) in [7, 11) is 4.57. The average molecular weight is 607 g/mol. The van der Waals surface area contributed by atoms with E-state index in [2.05, 4.69) is 18.1 Å². The molecule has 3 rings (SSSR count). The van der Waals surface area contributed by atoms with E-state index >= 15 is 4.39 Å². The number of rotatable bonds is 10. The molecule has 1 aromatic heterocycles. The van der Waals surface area contributed by atoms with Crippen LogP contribution >= 0.6 is 0 Å². The van der Waals surface area contributed by atoms with Crippen molar-refractivity contribution in [1.82, 2.24) is 9.88 Å². The highest BCUT2D eigenvalue weighted by molar-refractivity contribution is 6.20. The maximum absolute atomic E-state index is 15.1. The summed E-state index contributed by atoms with van der Waals surface area (Å²) in [6.45, 7) is 21.6. The van der Waals surface area contributed by atoms with Gasteiger partial charge in [0.25, 0.3) is 5.91 Å². The Hall–Kier alpha value is -4.85. The number of carbonyl (C=O) groups is 1. The molecule has 3 aromatic rings. The third-order valence-electron chi connectivity index (χ3n) is 5.69. The molecule has 0 unspecified atom stereocenters. The molecule has 44 heavy (non-hydrogen) atoms. The van der Waals surface area contributed by atoms with Gasteiger partial charge in [-0.1, -0.05) is 72.9 Å². The van der Waals surface area contributed by atoms with Crippen molar-refractivity contribution in [2.24, 2.45) is 0 Å². The zero-order chi connectivity index (χ0) is 33.8. The second kappa shape index (κ2) is 20.9. The fraction of sp³-hybridized carbons (Fsp3) is 0.278. The van der Waals surface area contributed by atoms with Crippen molar-refractivity contribution in [2.75, 3.05) is 21.3 Å². The van der Waals surface area contributed by atoms with Gasteiger partial charge in [-0.15, -0.1) is 0 Å². The van der Waals surface area contributed by atoms with E-state index in [0.717, 1.165) is 0 Å². The zero-order valence-electron chi connectivity index (χ0n) is 27.7. The lowest BCUT2D eigenvalue weighted by atomic mass is 10.0. The quantitative estimate of drug-likeness (QED) is 0.141.